The molecule has 1 atom stereocenters. The molecule has 29 heavy (non-hydrogen) atoms. The lowest BCUT2D eigenvalue weighted by molar-refractivity contribution is 0.241. The SMILES string of the molecule is COc1ccc(-c2nnc(C3=C(C)NC(=O)NC3/C=C/c3ccccc3)o2)cc1. The molecule has 2 aromatic carbocycles. The molecule has 7 nitrogen and oxygen atoms in total. The van der Waals surface area contributed by atoms with Gasteiger partial charge in [0.05, 0.1) is 18.7 Å². The summed E-state index contributed by atoms with van der Waals surface area (Å²) >= 11 is 0. The first-order chi connectivity index (χ1) is 14.1. The van der Waals surface area contributed by atoms with Gasteiger partial charge in [-0.2, -0.15) is 0 Å². The average Bonchev–Trinajstić information content (AvgIpc) is 3.22. The summed E-state index contributed by atoms with van der Waals surface area (Å²) in [5.41, 5.74) is 3.21. The van der Waals surface area contributed by atoms with Crippen molar-refractivity contribution >= 4 is 17.7 Å². The van der Waals surface area contributed by atoms with Crippen LogP contribution in [-0.2, 0) is 0 Å². The molecule has 0 aliphatic carbocycles. The van der Waals surface area contributed by atoms with Crippen LogP contribution in [0.1, 0.15) is 18.4 Å². The van der Waals surface area contributed by atoms with Crippen molar-refractivity contribution in [3.63, 3.8) is 0 Å². The van der Waals surface area contributed by atoms with Crippen LogP contribution in [0.15, 0.2) is 70.8 Å². The van der Waals surface area contributed by atoms with Crippen molar-refractivity contribution in [1.82, 2.24) is 20.8 Å². The Labute approximate surface area is 168 Å². The first-order valence-electron chi connectivity index (χ1n) is 9.14. The maximum atomic E-state index is 12.0. The second-order valence-electron chi connectivity index (χ2n) is 6.53. The molecule has 1 unspecified atom stereocenters. The molecular formula is C22H20N4O3. The lowest BCUT2D eigenvalue weighted by Crippen LogP contribution is -2.46. The van der Waals surface area contributed by atoms with E-state index in [-0.39, 0.29) is 6.03 Å². The van der Waals surface area contributed by atoms with Gasteiger partial charge in [-0.15, -0.1) is 10.2 Å². The van der Waals surface area contributed by atoms with E-state index >= 15 is 0 Å². The lowest BCUT2D eigenvalue weighted by atomic mass is 10.0. The molecule has 0 radical (unpaired) electrons. The fraction of sp³-hybridized carbons (Fsp3) is 0.136. The summed E-state index contributed by atoms with van der Waals surface area (Å²) in [6.45, 7) is 1.81. The summed E-state index contributed by atoms with van der Waals surface area (Å²) < 4.78 is 11.1. The number of hydrogen-bond donors (Lipinski definition) is 2. The summed E-state index contributed by atoms with van der Waals surface area (Å²) in [6, 6.07) is 16.6. The van der Waals surface area contributed by atoms with E-state index in [0.29, 0.717) is 17.5 Å². The number of rotatable bonds is 5. The normalized spacial score (nSPS) is 16.6. The zero-order valence-electron chi connectivity index (χ0n) is 16.0. The molecule has 1 aliphatic heterocycles. The van der Waals surface area contributed by atoms with Gasteiger partial charge in [0.1, 0.15) is 5.75 Å². The number of nitrogens with zero attached hydrogens (tertiary/aromatic N) is 2. The Morgan fingerprint density at radius 3 is 2.48 bits per heavy atom. The molecule has 4 rings (SSSR count). The second-order valence-corrected chi connectivity index (χ2v) is 6.53. The number of hydrogen-bond acceptors (Lipinski definition) is 5. The average molecular weight is 388 g/mol. The van der Waals surface area contributed by atoms with Crippen molar-refractivity contribution in [3.05, 3.63) is 77.8 Å². The van der Waals surface area contributed by atoms with Gasteiger partial charge in [0.15, 0.2) is 0 Å². The van der Waals surface area contributed by atoms with Gasteiger partial charge in [-0.05, 0) is 36.8 Å². The Hall–Kier alpha value is -3.87. The molecule has 0 saturated carbocycles. The van der Waals surface area contributed by atoms with Crippen LogP contribution in [-0.4, -0.2) is 29.4 Å². The van der Waals surface area contributed by atoms with Crippen LogP contribution >= 0.6 is 0 Å². The zero-order valence-corrected chi connectivity index (χ0v) is 16.0. The molecule has 0 bridgehead atoms. The standard InChI is InChI=1S/C22H20N4O3/c1-14-19(18(24-22(27)23-14)13-8-15-6-4-3-5-7-15)21-26-25-20(29-21)16-9-11-17(28-2)12-10-16/h3-13,18H,1-2H3,(H2,23,24,27)/b13-8+. The topological polar surface area (TPSA) is 89.3 Å². The number of benzene rings is 2. The monoisotopic (exact) mass is 388 g/mol. The highest BCUT2D eigenvalue weighted by molar-refractivity contribution is 5.87. The fourth-order valence-electron chi connectivity index (χ4n) is 3.11. The molecule has 1 aliphatic rings. The minimum Gasteiger partial charge on any atom is -0.497 e. The van der Waals surface area contributed by atoms with Crippen LogP contribution in [0.2, 0.25) is 0 Å². The lowest BCUT2D eigenvalue weighted by Gasteiger charge is -2.24. The predicted octanol–water partition coefficient (Wildman–Crippen LogP) is 3.87. The molecule has 1 aromatic heterocycles. The Kier molecular flexibility index (Phi) is 5.11. The number of carbonyl (C=O) groups excluding carboxylic acids is 1. The molecule has 0 saturated heterocycles. The molecule has 2 N–H and O–H groups in total. The highest BCUT2D eigenvalue weighted by atomic mass is 16.5. The molecule has 2 amide bonds. The minimum atomic E-state index is -0.395. The Morgan fingerprint density at radius 2 is 1.76 bits per heavy atom. The molecule has 7 heteroatoms. The quantitative estimate of drug-likeness (QED) is 0.693. The summed E-state index contributed by atoms with van der Waals surface area (Å²) in [6.07, 6.45) is 3.86. The zero-order chi connectivity index (χ0) is 20.2. The van der Waals surface area contributed by atoms with Crippen molar-refractivity contribution in [1.29, 1.82) is 0 Å². The second kappa shape index (κ2) is 8.02. The largest absolute Gasteiger partial charge is 0.497 e. The Bertz CT molecular complexity index is 1070. The first-order valence-corrected chi connectivity index (χ1v) is 9.14. The van der Waals surface area contributed by atoms with E-state index in [0.717, 1.165) is 22.4 Å². The number of methoxy groups -OCH3 is 1. The molecule has 3 aromatic rings. The third-order valence-electron chi connectivity index (χ3n) is 4.58. The van der Waals surface area contributed by atoms with E-state index in [1.165, 1.54) is 0 Å². The number of carbonyl (C=O) groups is 1. The van der Waals surface area contributed by atoms with Gasteiger partial charge in [-0.3, -0.25) is 0 Å². The molecule has 0 spiro atoms. The van der Waals surface area contributed by atoms with E-state index in [1.54, 1.807) is 7.11 Å². The maximum Gasteiger partial charge on any atom is 0.319 e. The van der Waals surface area contributed by atoms with E-state index in [4.69, 9.17) is 9.15 Å². The number of nitrogens with one attached hydrogen (secondary N) is 2. The number of ether oxygens (including phenoxy) is 1. The minimum absolute atomic E-state index is 0.274. The van der Waals surface area contributed by atoms with E-state index in [1.807, 2.05) is 73.7 Å². The summed E-state index contributed by atoms with van der Waals surface area (Å²) in [5, 5.41) is 14.0. The molecule has 146 valence electrons. The van der Waals surface area contributed by atoms with Crippen LogP contribution in [0.25, 0.3) is 23.1 Å². The maximum absolute atomic E-state index is 12.0. The molecular weight excluding hydrogens is 368 g/mol. The van der Waals surface area contributed by atoms with Gasteiger partial charge in [0.25, 0.3) is 0 Å². The van der Waals surface area contributed by atoms with Gasteiger partial charge >= 0.3 is 6.03 Å². The van der Waals surface area contributed by atoms with Crippen LogP contribution in [0.4, 0.5) is 4.79 Å². The van der Waals surface area contributed by atoms with E-state index in [9.17, 15) is 4.79 Å². The Balaban J connectivity index is 1.65. The summed E-state index contributed by atoms with van der Waals surface area (Å²) in [5.74, 6) is 1.49. The van der Waals surface area contributed by atoms with Crippen molar-refractivity contribution in [2.45, 2.75) is 13.0 Å². The first kappa shape index (κ1) is 18.5. The number of aromatic nitrogens is 2. The number of urea groups is 1. The fourth-order valence-corrected chi connectivity index (χ4v) is 3.11. The predicted molar refractivity (Wildman–Crippen MR) is 110 cm³/mol. The number of allylic oxidation sites excluding steroid dienone is 1. The summed E-state index contributed by atoms with van der Waals surface area (Å²) in [4.78, 5) is 12.0. The van der Waals surface area contributed by atoms with Gasteiger partial charge < -0.3 is 19.8 Å². The summed E-state index contributed by atoms with van der Waals surface area (Å²) in [7, 11) is 1.61. The van der Waals surface area contributed by atoms with Crippen molar-refractivity contribution in [3.8, 4) is 17.2 Å². The highest BCUT2D eigenvalue weighted by Crippen LogP contribution is 2.28. The van der Waals surface area contributed by atoms with E-state index < -0.39 is 6.04 Å². The third kappa shape index (κ3) is 4.03. The Morgan fingerprint density at radius 1 is 1.03 bits per heavy atom. The van der Waals surface area contributed by atoms with Crippen LogP contribution < -0.4 is 15.4 Å². The van der Waals surface area contributed by atoms with E-state index in [2.05, 4.69) is 20.8 Å². The van der Waals surface area contributed by atoms with Crippen molar-refractivity contribution in [2.75, 3.05) is 7.11 Å². The van der Waals surface area contributed by atoms with Crippen molar-refractivity contribution in [2.24, 2.45) is 0 Å². The molecule has 0 fully saturated rings. The van der Waals surface area contributed by atoms with Gasteiger partial charge in [-0.1, -0.05) is 42.5 Å². The molecule has 2 heterocycles. The van der Waals surface area contributed by atoms with Gasteiger partial charge in [0.2, 0.25) is 11.8 Å². The van der Waals surface area contributed by atoms with Gasteiger partial charge in [0, 0.05) is 11.3 Å². The smallest absolute Gasteiger partial charge is 0.319 e. The third-order valence-corrected chi connectivity index (χ3v) is 4.58. The van der Waals surface area contributed by atoms with Crippen LogP contribution in [0.3, 0.4) is 0 Å². The van der Waals surface area contributed by atoms with Gasteiger partial charge in [-0.25, -0.2) is 4.79 Å². The van der Waals surface area contributed by atoms with Crippen LogP contribution in [0, 0.1) is 0 Å². The number of amides is 2. The van der Waals surface area contributed by atoms with Crippen molar-refractivity contribution < 1.29 is 13.9 Å². The van der Waals surface area contributed by atoms with Crippen LogP contribution in [0.5, 0.6) is 5.75 Å². The highest BCUT2D eigenvalue weighted by Gasteiger charge is 2.28.